The summed E-state index contributed by atoms with van der Waals surface area (Å²) >= 11 is 0. The maximum atomic E-state index is 12.2. The van der Waals surface area contributed by atoms with Crippen LogP contribution in [0.4, 0.5) is 0 Å². The van der Waals surface area contributed by atoms with Crippen molar-refractivity contribution in [1.29, 1.82) is 0 Å². The molecule has 0 unspecified atom stereocenters. The molecule has 1 aromatic carbocycles. The Morgan fingerprint density at radius 1 is 1.21 bits per heavy atom. The summed E-state index contributed by atoms with van der Waals surface area (Å²) in [6, 6.07) is 5.61. The maximum absolute atomic E-state index is 12.2. The first-order valence-corrected chi connectivity index (χ1v) is 9.09. The van der Waals surface area contributed by atoms with E-state index in [0.29, 0.717) is 29.4 Å². The molecule has 0 spiro atoms. The average molecular weight is 394 g/mol. The Morgan fingerprint density at radius 2 is 2.03 bits per heavy atom. The van der Waals surface area contributed by atoms with Gasteiger partial charge in [-0.15, -0.1) is 5.10 Å². The van der Waals surface area contributed by atoms with Crippen LogP contribution in [-0.4, -0.2) is 41.4 Å². The minimum atomic E-state index is -0.328. The van der Waals surface area contributed by atoms with E-state index in [4.69, 9.17) is 4.74 Å². The first-order valence-electron chi connectivity index (χ1n) is 9.09. The minimum absolute atomic E-state index is 0.220. The van der Waals surface area contributed by atoms with E-state index >= 15 is 0 Å². The average Bonchev–Trinajstić information content (AvgIpc) is 3.07. The van der Waals surface area contributed by atoms with Gasteiger partial charge in [-0.25, -0.2) is 4.79 Å². The van der Waals surface area contributed by atoms with Crippen LogP contribution in [-0.2, 0) is 18.4 Å². The molecule has 0 aliphatic rings. The van der Waals surface area contributed by atoms with Gasteiger partial charge in [-0.2, -0.15) is 14.5 Å². The second kappa shape index (κ2) is 9.00. The highest BCUT2D eigenvalue weighted by molar-refractivity contribution is 5.96. The van der Waals surface area contributed by atoms with Crippen LogP contribution >= 0.6 is 0 Å². The van der Waals surface area contributed by atoms with Crippen LogP contribution in [0.1, 0.15) is 37.1 Å². The van der Waals surface area contributed by atoms with E-state index < -0.39 is 0 Å². The smallest absolute Gasteiger partial charge is 0.368 e. The van der Waals surface area contributed by atoms with Crippen LogP contribution < -0.4 is 5.69 Å². The van der Waals surface area contributed by atoms with Gasteiger partial charge in [0, 0.05) is 31.4 Å². The van der Waals surface area contributed by atoms with E-state index in [1.807, 2.05) is 26.0 Å². The van der Waals surface area contributed by atoms with E-state index in [0.717, 1.165) is 11.1 Å². The summed E-state index contributed by atoms with van der Waals surface area (Å²) in [6.07, 6.45) is 5.38. The molecule has 150 valence electrons. The van der Waals surface area contributed by atoms with Gasteiger partial charge in [0.05, 0.1) is 17.6 Å². The fourth-order valence-corrected chi connectivity index (χ4v) is 2.56. The lowest BCUT2D eigenvalue weighted by Gasteiger charge is -2.13. The van der Waals surface area contributed by atoms with Gasteiger partial charge in [-0.05, 0) is 35.9 Å². The molecule has 10 nitrogen and oxygen atoms in total. The Labute approximate surface area is 167 Å². The zero-order valence-electron chi connectivity index (χ0n) is 16.8. The highest BCUT2D eigenvalue weighted by Gasteiger charge is 2.14. The highest BCUT2D eigenvalue weighted by atomic mass is 16.5. The minimum Gasteiger partial charge on any atom is -0.475 e. The molecule has 10 heteroatoms. The van der Waals surface area contributed by atoms with Crippen molar-refractivity contribution in [3.05, 3.63) is 64.1 Å². The molecule has 29 heavy (non-hydrogen) atoms. The molecule has 0 aliphatic carbocycles. The van der Waals surface area contributed by atoms with Crippen molar-refractivity contribution in [1.82, 2.24) is 29.8 Å². The predicted molar refractivity (Wildman–Crippen MR) is 108 cm³/mol. The van der Waals surface area contributed by atoms with E-state index in [9.17, 15) is 4.79 Å². The molecular weight excluding hydrogens is 372 g/mol. The molecule has 0 saturated heterocycles. The van der Waals surface area contributed by atoms with Crippen molar-refractivity contribution in [2.45, 2.75) is 33.8 Å². The Morgan fingerprint density at radius 3 is 2.69 bits per heavy atom. The van der Waals surface area contributed by atoms with Crippen LogP contribution in [0.5, 0.6) is 0 Å². The van der Waals surface area contributed by atoms with Crippen molar-refractivity contribution in [2.24, 2.45) is 17.3 Å². The van der Waals surface area contributed by atoms with Gasteiger partial charge in [0.25, 0.3) is 0 Å². The number of tetrazole rings is 1. The Kier molecular flexibility index (Phi) is 6.22. The number of rotatable bonds is 6. The Hall–Kier alpha value is -3.69. The van der Waals surface area contributed by atoms with Gasteiger partial charge >= 0.3 is 5.69 Å². The first kappa shape index (κ1) is 20.1. The molecule has 0 amide bonds. The summed E-state index contributed by atoms with van der Waals surface area (Å²) in [7, 11) is 1.55. The standard InChI is InChI=1S/C19H22N8O2/c1-5-18(23-22-14(3)16-11-20-9-10-21-16)29-12-15-13(2)7-6-8-17(15)27-19(28)26(4)24-25-27/h6-11H,5,12H2,1-4H3/b22-14+,23-18-. The van der Waals surface area contributed by atoms with Gasteiger partial charge in [-0.3, -0.25) is 9.97 Å². The lowest BCUT2D eigenvalue weighted by atomic mass is 10.1. The zero-order chi connectivity index (χ0) is 20.8. The molecule has 2 heterocycles. The monoisotopic (exact) mass is 394 g/mol. The number of ether oxygens (including phenoxy) is 1. The third-order valence-corrected chi connectivity index (χ3v) is 4.27. The van der Waals surface area contributed by atoms with Gasteiger partial charge in [0.1, 0.15) is 12.3 Å². The molecular formula is C19H22N8O2. The van der Waals surface area contributed by atoms with Crippen molar-refractivity contribution < 1.29 is 4.74 Å². The maximum Gasteiger partial charge on any atom is 0.368 e. The summed E-state index contributed by atoms with van der Waals surface area (Å²) < 4.78 is 8.32. The van der Waals surface area contributed by atoms with Crippen molar-refractivity contribution in [2.75, 3.05) is 0 Å². The largest absolute Gasteiger partial charge is 0.475 e. The van der Waals surface area contributed by atoms with E-state index in [1.165, 1.54) is 9.36 Å². The number of aromatic nitrogens is 6. The van der Waals surface area contributed by atoms with E-state index in [2.05, 4.69) is 30.6 Å². The second-order valence-corrected chi connectivity index (χ2v) is 6.28. The third kappa shape index (κ3) is 4.60. The summed E-state index contributed by atoms with van der Waals surface area (Å²) in [6.45, 7) is 5.90. The predicted octanol–water partition coefficient (Wildman–Crippen LogP) is 1.81. The number of hydrogen-bond acceptors (Lipinski definition) is 8. The fourth-order valence-electron chi connectivity index (χ4n) is 2.56. The van der Waals surface area contributed by atoms with Gasteiger partial charge < -0.3 is 4.74 Å². The Balaban J connectivity index is 1.83. The van der Waals surface area contributed by atoms with Gasteiger partial charge in [-0.1, -0.05) is 19.1 Å². The lowest BCUT2D eigenvalue weighted by Crippen LogP contribution is -2.23. The molecule has 0 radical (unpaired) electrons. The molecule has 3 rings (SSSR count). The SMILES string of the molecule is CC/C(=N/N=C(\C)c1cnccn1)OCc1c(C)cccc1-n1nnn(C)c1=O. The van der Waals surface area contributed by atoms with E-state index in [1.54, 1.807) is 38.6 Å². The van der Waals surface area contributed by atoms with Crippen LogP contribution in [0.3, 0.4) is 0 Å². The quantitative estimate of drug-likeness (QED) is 0.358. The molecule has 2 aromatic heterocycles. The summed E-state index contributed by atoms with van der Waals surface area (Å²) in [5.74, 6) is 0.467. The summed E-state index contributed by atoms with van der Waals surface area (Å²) in [4.78, 5) is 20.5. The zero-order valence-corrected chi connectivity index (χ0v) is 16.8. The molecule has 0 fully saturated rings. The topological polar surface area (TPSA) is 112 Å². The number of benzene rings is 1. The van der Waals surface area contributed by atoms with Crippen molar-refractivity contribution >= 4 is 11.6 Å². The van der Waals surface area contributed by atoms with Crippen LogP contribution in [0.25, 0.3) is 5.69 Å². The van der Waals surface area contributed by atoms with Crippen molar-refractivity contribution in [3.8, 4) is 5.69 Å². The number of nitrogens with zero attached hydrogens (tertiary/aromatic N) is 8. The van der Waals surface area contributed by atoms with Crippen LogP contribution in [0.15, 0.2) is 51.8 Å². The fraction of sp³-hybridized carbons (Fsp3) is 0.316. The number of hydrogen-bond donors (Lipinski definition) is 0. The third-order valence-electron chi connectivity index (χ3n) is 4.27. The number of aryl methyl sites for hydroxylation is 2. The normalized spacial score (nSPS) is 12.3. The second-order valence-electron chi connectivity index (χ2n) is 6.28. The Bertz CT molecular complexity index is 1100. The molecule has 0 aliphatic heterocycles. The van der Waals surface area contributed by atoms with Gasteiger partial charge in [0.15, 0.2) is 0 Å². The molecule has 3 aromatic rings. The van der Waals surface area contributed by atoms with Crippen molar-refractivity contribution in [3.63, 3.8) is 0 Å². The first-order chi connectivity index (χ1) is 14.0. The van der Waals surface area contributed by atoms with E-state index in [-0.39, 0.29) is 12.3 Å². The van der Waals surface area contributed by atoms with Crippen LogP contribution in [0, 0.1) is 6.92 Å². The molecule has 0 atom stereocenters. The molecule has 0 bridgehead atoms. The lowest BCUT2D eigenvalue weighted by molar-refractivity contribution is 0.282. The molecule has 0 N–H and O–H groups in total. The summed E-state index contributed by atoms with van der Waals surface area (Å²) in [5, 5.41) is 16.1. The van der Waals surface area contributed by atoms with Gasteiger partial charge in [0.2, 0.25) is 5.90 Å². The van der Waals surface area contributed by atoms with Crippen LogP contribution in [0.2, 0.25) is 0 Å². The highest BCUT2D eigenvalue weighted by Crippen LogP contribution is 2.18. The summed E-state index contributed by atoms with van der Waals surface area (Å²) in [5.41, 5.74) is 3.37. The molecule has 0 saturated carbocycles.